The molecule has 0 radical (unpaired) electrons. The van der Waals surface area contributed by atoms with Gasteiger partial charge in [0.1, 0.15) is 12.6 Å². The highest BCUT2D eigenvalue weighted by Gasteiger charge is 2.32. The topological polar surface area (TPSA) is 86.8 Å². The normalized spacial score (nSPS) is 13.1. The second-order valence-electron chi connectivity index (χ2n) is 8.26. The second-order valence-corrected chi connectivity index (χ2v) is 11.4. The van der Waals surface area contributed by atoms with Crippen LogP contribution in [0.1, 0.15) is 39.2 Å². The summed E-state index contributed by atoms with van der Waals surface area (Å²) in [5.41, 5.74) is 0.864. The lowest BCUT2D eigenvalue weighted by molar-refractivity contribution is -0.140. The molecule has 0 aliphatic carbocycles. The average molecular weight is 563 g/mol. The number of anilines is 1. The third-order valence-electron chi connectivity index (χ3n) is 5.51. The Kier molecular flexibility index (Phi) is 10.7. The van der Waals surface area contributed by atoms with E-state index in [-0.39, 0.29) is 29.2 Å². The fourth-order valence-electron chi connectivity index (χ4n) is 3.43. The van der Waals surface area contributed by atoms with Crippen LogP contribution in [-0.2, 0) is 26.2 Å². The Morgan fingerprint density at radius 1 is 0.971 bits per heavy atom. The van der Waals surface area contributed by atoms with Crippen molar-refractivity contribution in [2.45, 2.75) is 52.2 Å². The van der Waals surface area contributed by atoms with Gasteiger partial charge in [0.05, 0.1) is 17.0 Å². The van der Waals surface area contributed by atoms with E-state index in [1.807, 2.05) is 13.8 Å². The molecular formula is C24H30Cl3N3O4S. The fraction of sp³-hybridized carbons (Fsp3) is 0.417. The molecule has 2 aromatic carbocycles. The number of rotatable bonds is 11. The van der Waals surface area contributed by atoms with Gasteiger partial charge in [0.2, 0.25) is 21.8 Å². The number of hydrogen-bond donors (Lipinski definition) is 1. The maximum absolute atomic E-state index is 13.6. The molecule has 7 nitrogen and oxygen atoms in total. The monoisotopic (exact) mass is 561 g/mol. The van der Waals surface area contributed by atoms with Gasteiger partial charge < -0.3 is 10.2 Å². The zero-order valence-corrected chi connectivity index (χ0v) is 23.2. The van der Waals surface area contributed by atoms with Gasteiger partial charge in [0.15, 0.2) is 0 Å². The predicted octanol–water partition coefficient (Wildman–Crippen LogP) is 5.13. The molecule has 0 heterocycles. The minimum atomic E-state index is -3.90. The first-order chi connectivity index (χ1) is 16.4. The smallest absolute Gasteiger partial charge is 0.244 e. The molecule has 0 saturated carbocycles. The number of amides is 2. The van der Waals surface area contributed by atoms with Crippen molar-refractivity contribution in [3.63, 3.8) is 0 Å². The molecule has 0 aromatic heterocycles. The van der Waals surface area contributed by atoms with E-state index in [4.69, 9.17) is 34.8 Å². The molecule has 35 heavy (non-hydrogen) atoms. The quantitative estimate of drug-likeness (QED) is 0.411. The van der Waals surface area contributed by atoms with Crippen molar-refractivity contribution in [3.05, 3.63) is 63.1 Å². The minimum absolute atomic E-state index is 0.0792. The Hall–Kier alpha value is -2.00. The van der Waals surface area contributed by atoms with E-state index in [1.165, 1.54) is 23.1 Å². The van der Waals surface area contributed by atoms with Crippen molar-refractivity contribution < 1.29 is 18.0 Å². The van der Waals surface area contributed by atoms with Crippen molar-refractivity contribution in [3.8, 4) is 0 Å². The molecule has 2 atom stereocenters. The summed E-state index contributed by atoms with van der Waals surface area (Å²) >= 11 is 18.2. The van der Waals surface area contributed by atoms with Crippen LogP contribution in [0.25, 0.3) is 0 Å². The number of nitrogens with one attached hydrogen (secondary N) is 1. The number of carbonyl (C=O) groups excluding carboxylic acids is 2. The van der Waals surface area contributed by atoms with Crippen LogP contribution in [0.5, 0.6) is 0 Å². The van der Waals surface area contributed by atoms with Gasteiger partial charge in [-0.15, -0.1) is 0 Å². The Labute approximate surface area is 222 Å². The highest BCUT2D eigenvalue weighted by molar-refractivity contribution is 7.92. The summed E-state index contributed by atoms with van der Waals surface area (Å²) in [6, 6.07) is 10.3. The summed E-state index contributed by atoms with van der Waals surface area (Å²) in [7, 11) is -3.90. The standard InChI is InChI=1S/C24H30Cl3N3O4S/c1-5-16(3)28-24(32)21(6-2)29(14-17-7-9-18(25)10-8-17)23(31)15-30(35(4,33)34)22-12-11-19(26)13-20(22)27/h7-13,16,21H,5-6,14-15H2,1-4H3,(H,28,32)/t16-,21+/m0/s1. The van der Waals surface area contributed by atoms with E-state index in [9.17, 15) is 18.0 Å². The number of benzene rings is 2. The number of sulfonamides is 1. The molecule has 192 valence electrons. The third kappa shape index (κ3) is 8.27. The van der Waals surface area contributed by atoms with Gasteiger partial charge in [-0.2, -0.15) is 0 Å². The average Bonchev–Trinajstić information content (AvgIpc) is 2.78. The van der Waals surface area contributed by atoms with Gasteiger partial charge in [0.25, 0.3) is 0 Å². The van der Waals surface area contributed by atoms with Crippen LogP contribution in [0.4, 0.5) is 5.69 Å². The van der Waals surface area contributed by atoms with Crippen LogP contribution in [0.15, 0.2) is 42.5 Å². The molecule has 0 unspecified atom stereocenters. The first-order valence-corrected chi connectivity index (χ1v) is 14.1. The molecule has 0 spiro atoms. The Balaban J connectivity index is 2.46. The van der Waals surface area contributed by atoms with Gasteiger partial charge in [-0.3, -0.25) is 13.9 Å². The molecular weight excluding hydrogens is 533 g/mol. The van der Waals surface area contributed by atoms with E-state index >= 15 is 0 Å². The van der Waals surface area contributed by atoms with Crippen molar-refractivity contribution in [1.82, 2.24) is 10.2 Å². The number of nitrogens with zero attached hydrogens (tertiary/aromatic N) is 2. The van der Waals surface area contributed by atoms with Gasteiger partial charge in [-0.05, 0) is 55.7 Å². The molecule has 0 aliphatic rings. The Bertz CT molecular complexity index is 1140. The summed E-state index contributed by atoms with van der Waals surface area (Å²) in [5.74, 6) is -0.859. The molecule has 0 saturated heterocycles. The molecule has 11 heteroatoms. The van der Waals surface area contributed by atoms with E-state index in [0.29, 0.717) is 16.5 Å². The van der Waals surface area contributed by atoms with Crippen molar-refractivity contribution in [1.29, 1.82) is 0 Å². The van der Waals surface area contributed by atoms with Crippen LogP contribution in [-0.4, -0.2) is 50.0 Å². The lowest BCUT2D eigenvalue weighted by Crippen LogP contribution is -2.53. The zero-order valence-electron chi connectivity index (χ0n) is 20.1. The second kappa shape index (κ2) is 12.8. The molecule has 0 aliphatic heterocycles. The first-order valence-electron chi connectivity index (χ1n) is 11.1. The van der Waals surface area contributed by atoms with Gasteiger partial charge in [-0.1, -0.05) is 60.8 Å². The van der Waals surface area contributed by atoms with Crippen LogP contribution >= 0.6 is 34.8 Å². The number of hydrogen-bond acceptors (Lipinski definition) is 4. The van der Waals surface area contributed by atoms with Gasteiger partial charge >= 0.3 is 0 Å². The molecule has 2 aromatic rings. The molecule has 0 bridgehead atoms. The molecule has 1 N–H and O–H groups in total. The first kappa shape index (κ1) is 29.2. The van der Waals surface area contributed by atoms with E-state index in [0.717, 1.165) is 22.5 Å². The SMILES string of the molecule is CC[C@H](C(=O)N[C@@H](C)CC)N(Cc1ccc(Cl)cc1)C(=O)CN(c1ccc(Cl)cc1Cl)S(C)(=O)=O. The van der Waals surface area contributed by atoms with E-state index in [2.05, 4.69) is 5.32 Å². The highest BCUT2D eigenvalue weighted by Crippen LogP contribution is 2.30. The zero-order chi connectivity index (χ0) is 26.3. The number of carbonyl (C=O) groups is 2. The largest absolute Gasteiger partial charge is 0.352 e. The summed E-state index contributed by atoms with van der Waals surface area (Å²) < 4.78 is 26.2. The molecule has 2 rings (SSSR count). The van der Waals surface area contributed by atoms with Crippen LogP contribution in [0.3, 0.4) is 0 Å². The highest BCUT2D eigenvalue weighted by atomic mass is 35.5. The molecule has 0 fully saturated rings. The summed E-state index contributed by atoms with van der Waals surface area (Å²) in [5, 5.41) is 3.87. The maximum Gasteiger partial charge on any atom is 0.244 e. The third-order valence-corrected chi connectivity index (χ3v) is 7.43. The van der Waals surface area contributed by atoms with Crippen LogP contribution in [0, 0.1) is 0 Å². The van der Waals surface area contributed by atoms with Crippen molar-refractivity contribution >= 4 is 62.3 Å². The summed E-state index contributed by atoms with van der Waals surface area (Å²) in [6.07, 6.45) is 2.05. The maximum atomic E-state index is 13.6. The Morgan fingerprint density at radius 2 is 1.57 bits per heavy atom. The number of halogens is 3. The molecule has 2 amide bonds. The van der Waals surface area contributed by atoms with Crippen molar-refractivity contribution in [2.24, 2.45) is 0 Å². The summed E-state index contributed by atoms with van der Waals surface area (Å²) in [6.45, 7) is 5.18. The van der Waals surface area contributed by atoms with Crippen molar-refractivity contribution in [2.75, 3.05) is 17.1 Å². The van der Waals surface area contributed by atoms with Crippen LogP contribution in [0.2, 0.25) is 15.1 Å². The van der Waals surface area contributed by atoms with E-state index in [1.54, 1.807) is 31.2 Å². The predicted molar refractivity (Wildman–Crippen MR) is 143 cm³/mol. The lowest BCUT2D eigenvalue weighted by Gasteiger charge is -2.33. The summed E-state index contributed by atoms with van der Waals surface area (Å²) in [4.78, 5) is 28.1. The minimum Gasteiger partial charge on any atom is -0.352 e. The lowest BCUT2D eigenvalue weighted by atomic mass is 10.1. The fourth-order valence-corrected chi connectivity index (χ4v) is 4.97. The Morgan fingerprint density at radius 3 is 2.09 bits per heavy atom. The van der Waals surface area contributed by atoms with Gasteiger partial charge in [0, 0.05) is 22.6 Å². The van der Waals surface area contributed by atoms with Crippen LogP contribution < -0.4 is 9.62 Å². The van der Waals surface area contributed by atoms with Gasteiger partial charge in [-0.25, -0.2) is 8.42 Å². The van der Waals surface area contributed by atoms with E-state index < -0.39 is 28.5 Å².